The molecule has 0 radical (unpaired) electrons. The topological polar surface area (TPSA) is 112 Å². The predicted molar refractivity (Wildman–Crippen MR) is 299 cm³/mol. The second kappa shape index (κ2) is 20.2. The molecule has 10 aromatic rings. The zero-order valence-corrected chi connectivity index (χ0v) is 41.7. The number of benzene rings is 10. The fourth-order valence-corrected chi connectivity index (χ4v) is 10.4. The first kappa shape index (κ1) is 48.4. The number of aliphatic hydroxyl groups is 2. The van der Waals surface area contributed by atoms with Gasteiger partial charge in [0.05, 0.1) is 5.41 Å². The number of ether oxygens (including phenoxy) is 4. The second-order valence-electron chi connectivity index (χ2n) is 19.5. The molecule has 0 saturated heterocycles. The van der Waals surface area contributed by atoms with Crippen LogP contribution in [0.15, 0.2) is 218 Å². The van der Waals surface area contributed by atoms with Crippen LogP contribution < -0.4 is 9.47 Å². The summed E-state index contributed by atoms with van der Waals surface area (Å²) in [7, 11) is 0. The fraction of sp³-hybridized carbons (Fsp3) is 0.134. The van der Waals surface area contributed by atoms with Crippen molar-refractivity contribution in [1.82, 2.24) is 0 Å². The van der Waals surface area contributed by atoms with E-state index in [0.717, 1.165) is 77.2 Å². The predicted octanol–water partition coefficient (Wildman–Crippen LogP) is 13.7. The summed E-state index contributed by atoms with van der Waals surface area (Å²) in [5.41, 5.74) is 10.9. The smallest absolute Gasteiger partial charge is 0.333 e. The lowest BCUT2D eigenvalue weighted by atomic mass is 9.66. The van der Waals surface area contributed by atoms with Crippen molar-refractivity contribution in [3.05, 3.63) is 241 Å². The maximum Gasteiger partial charge on any atom is 0.333 e. The van der Waals surface area contributed by atoms with Crippen molar-refractivity contribution < 1.29 is 38.7 Å². The molecule has 75 heavy (non-hydrogen) atoms. The van der Waals surface area contributed by atoms with Crippen molar-refractivity contribution in [3.63, 3.8) is 0 Å². The van der Waals surface area contributed by atoms with E-state index in [1.54, 1.807) is 13.8 Å². The van der Waals surface area contributed by atoms with Crippen LogP contribution in [0.5, 0.6) is 11.5 Å². The van der Waals surface area contributed by atoms with Crippen LogP contribution in [0.2, 0.25) is 0 Å². The summed E-state index contributed by atoms with van der Waals surface area (Å²) in [6.45, 7) is 9.80. The van der Waals surface area contributed by atoms with Gasteiger partial charge in [-0.3, -0.25) is 0 Å². The van der Waals surface area contributed by atoms with Gasteiger partial charge in [0.15, 0.2) is 0 Å². The average Bonchev–Trinajstić information content (AvgIpc) is 3.84. The minimum absolute atomic E-state index is 0.0622. The molecule has 8 nitrogen and oxygen atoms in total. The van der Waals surface area contributed by atoms with Gasteiger partial charge < -0.3 is 29.2 Å². The molecular weight excluding hydrogens is 933 g/mol. The van der Waals surface area contributed by atoms with Crippen molar-refractivity contribution in [2.45, 2.75) is 31.5 Å². The van der Waals surface area contributed by atoms with E-state index in [9.17, 15) is 19.8 Å². The number of rotatable bonds is 16. The third-order valence-corrected chi connectivity index (χ3v) is 14.2. The van der Waals surface area contributed by atoms with Crippen molar-refractivity contribution in [2.24, 2.45) is 0 Å². The third kappa shape index (κ3) is 9.54. The first-order valence-corrected chi connectivity index (χ1v) is 25.0. The summed E-state index contributed by atoms with van der Waals surface area (Å²) in [6.07, 6.45) is -2.04. The highest BCUT2D eigenvalue weighted by Crippen LogP contribution is 2.58. The maximum absolute atomic E-state index is 11.9. The molecule has 0 saturated carbocycles. The van der Waals surface area contributed by atoms with Crippen molar-refractivity contribution in [3.8, 4) is 44.9 Å². The van der Waals surface area contributed by atoms with Gasteiger partial charge in [0.1, 0.15) is 50.1 Å². The minimum atomic E-state index is -1.02. The molecule has 2 atom stereocenters. The Morgan fingerprint density at radius 2 is 0.760 bits per heavy atom. The summed E-state index contributed by atoms with van der Waals surface area (Å²) in [5.74, 6) is 0.0261. The standard InChI is InChI=1S/C67H54O8/c1-41(2)65(70)74-39-57(68)37-72-59-25-19-49-31-55(23-17-51(49)33-59)67(56-24-18-52-34-60(26-20-50(52)32-56)73-38-58(69)40-75-66(71)42(3)4)63-35-53(47-15-13-43-9-5-7-11-45(43)29-47)21-27-61(63)62-28-22-54(36-64(62)67)48-16-14-44-10-6-8-12-46(44)30-48/h5-36,57-58,68-69H,1,3,37-40H2,2,4H3. The molecule has 1 aliphatic carbocycles. The van der Waals surface area contributed by atoms with Crippen LogP contribution in [0, 0.1) is 0 Å². The van der Waals surface area contributed by atoms with Gasteiger partial charge in [0.2, 0.25) is 0 Å². The second-order valence-corrected chi connectivity index (χ2v) is 19.5. The minimum Gasteiger partial charge on any atom is -0.491 e. The Bertz CT molecular complexity index is 3650. The van der Waals surface area contributed by atoms with Gasteiger partial charge in [-0.05, 0) is 173 Å². The molecule has 0 amide bonds. The van der Waals surface area contributed by atoms with Gasteiger partial charge in [-0.25, -0.2) is 9.59 Å². The van der Waals surface area contributed by atoms with Gasteiger partial charge in [0, 0.05) is 11.1 Å². The SMILES string of the molecule is C=C(C)C(=O)OCC(O)COc1ccc2cc(C3(c4ccc5cc(OCC(O)COC(=O)C(=C)C)ccc5c4)c4cc(-c5ccc6ccccc6c5)ccc4-c4ccc(-c5ccc6ccccc6c5)cc43)ccc2c1. The highest BCUT2D eigenvalue weighted by atomic mass is 16.6. The molecule has 1 aliphatic rings. The molecule has 0 spiro atoms. The molecule has 11 rings (SSSR count). The molecule has 2 N–H and O–H groups in total. The Kier molecular flexibility index (Phi) is 13.1. The van der Waals surface area contributed by atoms with E-state index in [2.05, 4.69) is 171 Å². The molecule has 0 aromatic heterocycles. The molecule has 0 fully saturated rings. The highest BCUT2D eigenvalue weighted by Gasteiger charge is 2.47. The molecule has 0 bridgehead atoms. The Labute approximate surface area is 435 Å². The van der Waals surface area contributed by atoms with Gasteiger partial charge in [-0.15, -0.1) is 0 Å². The summed E-state index contributed by atoms with van der Waals surface area (Å²) >= 11 is 0. The number of hydrogen-bond acceptors (Lipinski definition) is 8. The van der Waals surface area contributed by atoms with E-state index in [1.807, 2.05) is 36.4 Å². The average molecular weight is 987 g/mol. The summed E-state index contributed by atoms with van der Waals surface area (Å²) < 4.78 is 22.4. The first-order valence-electron chi connectivity index (χ1n) is 25.0. The normalized spacial score (nSPS) is 13.2. The number of aliphatic hydroxyl groups excluding tert-OH is 2. The lowest BCUT2D eigenvalue weighted by Crippen LogP contribution is -2.28. The Morgan fingerprint density at radius 1 is 0.413 bits per heavy atom. The van der Waals surface area contributed by atoms with Gasteiger partial charge in [-0.1, -0.05) is 147 Å². The molecule has 10 aromatic carbocycles. The van der Waals surface area contributed by atoms with E-state index in [0.29, 0.717) is 11.5 Å². The van der Waals surface area contributed by atoms with Crippen LogP contribution in [0.3, 0.4) is 0 Å². The molecule has 0 heterocycles. The number of fused-ring (bicyclic) bond motifs is 7. The van der Waals surface area contributed by atoms with E-state index in [-0.39, 0.29) is 37.6 Å². The summed E-state index contributed by atoms with van der Waals surface area (Å²) in [4.78, 5) is 23.9. The maximum atomic E-state index is 11.9. The molecule has 0 aliphatic heterocycles. The quantitative estimate of drug-likeness (QED) is 0.0727. The van der Waals surface area contributed by atoms with Crippen molar-refractivity contribution in [1.29, 1.82) is 0 Å². The van der Waals surface area contributed by atoms with E-state index < -0.39 is 29.6 Å². The van der Waals surface area contributed by atoms with Gasteiger partial charge in [-0.2, -0.15) is 0 Å². The molecule has 370 valence electrons. The van der Waals surface area contributed by atoms with Crippen LogP contribution in [0.1, 0.15) is 36.1 Å². The van der Waals surface area contributed by atoms with Gasteiger partial charge >= 0.3 is 11.9 Å². The van der Waals surface area contributed by atoms with Crippen LogP contribution in [-0.2, 0) is 24.5 Å². The first-order chi connectivity index (χ1) is 36.4. The van der Waals surface area contributed by atoms with Crippen LogP contribution >= 0.6 is 0 Å². The Hall–Kier alpha value is -8.82. The lowest BCUT2D eigenvalue weighted by molar-refractivity contribution is -0.143. The molecule has 2 unspecified atom stereocenters. The number of hydrogen-bond donors (Lipinski definition) is 2. The Balaban J connectivity index is 1.06. The monoisotopic (exact) mass is 986 g/mol. The third-order valence-electron chi connectivity index (χ3n) is 14.2. The summed E-state index contributed by atoms with van der Waals surface area (Å²) in [5, 5.41) is 29.8. The largest absolute Gasteiger partial charge is 0.491 e. The Morgan fingerprint density at radius 3 is 1.19 bits per heavy atom. The number of carbonyl (C=O) groups is 2. The van der Waals surface area contributed by atoms with Crippen molar-refractivity contribution in [2.75, 3.05) is 26.4 Å². The van der Waals surface area contributed by atoms with E-state index in [1.165, 1.54) is 21.5 Å². The van der Waals surface area contributed by atoms with E-state index in [4.69, 9.17) is 18.9 Å². The van der Waals surface area contributed by atoms with Gasteiger partial charge in [0.25, 0.3) is 0 Å². The lowest BCUT2D eigenvalue weighted by Gasteiger charge is -2.35. The van der Waals surface area contributed by atoms with Crippen LogP contribution in [0.4, 0.5) is 0 Å². The van der Waals surface area contributed by atoms with Crippen molar-refractivity contribution >= 4 is 55.0 Å². The van der Waals surface area contributed by atoms with Crippen LogP contribution in [0.25, 0.3) is 76.5 Å². The summed E-state index contributed by atoms with van der Waals surface area (Å²) in [6, 6.07) is 69.2. The zero-order valence-electron chi connectivity index (χ0n) is 41.7. The number of esters is 2. The van der Waals surface area contributed by atoms with E-state index >= 15 is 0 Å². The fourth-order valence-electron chi connectivity index (χ4n) is 10.4. The molecule has 8 heteroatoms. The molecular formula is C67H54O8. The van der Waals surface area contributed by atoms with Crippen LogP contribution in [-0.4, -0.2) is 60.8 Å². The zero-order chi connectivity index (χ0) is 51.8. The highest BCUT2D eigenvalue weighted by molar-refractivity contribution is 5.96. The number of carbonyl (C=O) groups excluding carboxylic acids is 2.